The number of esters is 1. The van der Waals surface area contributed by atoms with Crippen molar-refractivity contribution in [1.82, 2.24) is 10.6 Å². The van der Waals surface area contributed by atoms with Gasteiger partial charge in [-0.3, -0.25) is 0 Å². The van der Waals surface area contributed by atoms with Crippen LogP contribution in [0.3, 0.4) is 0 Å². The Bertz CT molecular complexity index is 951. The van der Waals surface area contributed by atoms with Crippen LogP contribution in [-0.4, -0.2) is 31.3 Å². The zero-order valence-electron chi connectivity index (χ0n) is 16.7. The van der Waals surface area contributed by atoms with E-state index in [9.17, 15) is 9.59 Å². The first-order valence-corrected chi connectivity index (χ1v) is 10.00. The van der Waals surface area contributed by atoms with Gasteiger partial charge in [0.25, 0.3) is 0 Å². The van der Waals surface area contributed by atoms with Crippen molar-refractivity contribution in [3.8, 4) is 11.5 Å². The Morgan fingerprint density at radius 2 is 1.93 bits per heavy atom. The number of carbonyl (C=O) groups excluding carboxylic acids is 2. The zero-order chi connectivity index (χ0) is 20.9. The van der Waals surface area contributed by atoms with Crippen molar-refractivity contribution in [2.24, 2.45) is 0 Å². The number of urea groups is 1. The molecular weight excluding hydrogens is 384 g/mol. The predicted molar refractivity (Wildman–Crippen MR) is 110 cm³/mol. The average molecular weight is 408 g/mol. The minimum Gasteiger partial charge on any atom is -0.459 e. The number of benzene rings is 2. The molecule has 2 amide bonds. The van der Waals surface area contributed by atoms with Gasteiger partial charge < -0.3 is 24.8 Å². The number of hydrogen-bond donors (Lipinski definition) is 2. The van der Waals surface area contributed by atoms with E-state index in [1.54, 1.807) is 6.92 Å². The van der Waals surface area contributed by atoms with Gasteiger partial charge in [0.15, 0.2) is 0 Å². The van der Waals surface area contributed by atoms with Gasteiger partial charge in [-0.25, -0.2) is 9.59 Å². The first-order chi connectivity index (χ1) is 14.6. The smallest absolute Gasteiger partial charge is 0.338 e. The molecule has 0 spiro atoms. The fourth-order valence-electron chi connectivity index (χ4n) is 3.62. The van der Waals surface area contributed by atoms with Gasteiger partial charge >= 0.3 is 12.0 Å². The number of para-hydroxylation sites is 1. The Hall–Kier alpha value is -3.32. The number of carbonyl (C=O) groups is 2. The number of allylic oxidation sites excluding steroid dienone is 1. The molecule has 2 N–H and O–H groups in total. The Labute approximate surface area is 175 Å². The van der Waals surface area contributed by atoms with Crippen LogP contribution in [0.4, 0.5) is 4.79 Å². The maximum atomic E-state index is 12.9. The van der Waals surface area contributed by atoms with E-state index in [1.165, 1.54) is 0 Å². The quantitative estimate of drug-likeness (QED) is 0.710. The van der Waals surface area contributed by atoms with Crippen LogP contribution >= 0.6 is 0 Å². The molecule has 0 aromatic heterocycles. The standard InChI is InChI=1S/C23H24N2O5/c1-15-20(22(26)29-14-19-11-6-12-28-19)21(25-23(27)24-15)16-7-5-10-18(13-16)30-17-8-3-2-4-9-17/h2-5,7-10,13,19,21H,6,11-12,14H2,1H3,(H2,24,25,27)/t19-,21-/m0/s1. The van der Waals surface area contributed by atoms with Gasteiger partial charge in [-0.2, -0.15) is 0 Å². The van der Waals surface area contributed by atoms with Crippen molar-refractivity contribution in [3.63, 3.8) is 0 Å². The zero-order valence-corrected chi connectivity index (χ0v) is 16.7. The Morgan fingerprint density at radius 1 is 1.13 bits per heavy atom. The number of ether oxygens (including phenoxy) is 3. The molecule has 30 heavy (non-hydrogen) atoms. The second kappa shape index (κ2) is 9.00. The summed E-state index contributed by atoms with van der Waals surface area (Å²) < 4.78 is 16.9. The minimum atomic E-state index is -0.643. The molecule has 2 aliphatic heterocycles. The van der Waals surface area contributed by atoms with E-state index in [0.717, 1.165) is 18.4 Å². The lowest BCUT2D eigenvalue weighted by Gasteiger charge is -2.28. The second-order valence-corrected chi connectivity index (χ2v) is 7.29. The number of amides is 2. The highest BCUT2D eigenvalue weighted by Gasteiger charge is 2.33. The van der Waals surface area contributed by atoms with Crippen LogP contribution in [0, 0.1) is 0 Å². The normalized spacial score (nSPS) is 21.0. The van der Waals surface area contributed by atoms with Crippen molar-refractivity contribution < 1.29 is 23.8 Å². The van der Waals surface area contributed by atoms with Crippen molar-refractivity contribution >= 4 is 12.0 Å². The largest absolute Gasteiger partial charge is 0.459 e. The fourth-order valence-corrected chi connectivity index (χ4v) is 3.62. The summed E-state index contributed by atoms with van der Waals surface area (Å²) in [6.45, 7) is 2.59. The topological polar surface area (TPSA) is 85.9 Å². The summed E-state index contributed by atoms with van der Waals surface area (Å²) in [6.07, 6.45) is 1.78. The van der Waals surface area contributed by atoms with Crippen molar-refractivity contribution in [1.29, 1.82) is 0 Å². The molecular formula is C23H24N2O5. The summed E-state index contributed by atoms with van der Waals surface area (Å²) in [5, 5.41) is 5.48. The molecule has 0 saturated carbocycles. The highest BCUT2D eigenvalue weighted by atomic mass is 16.6. The molecule has 2 aromatic carbocycles. The molecule has 2 aromatic rings. The summed E-state index contributed by atoms with van der Waals surface area (Å²) in [7, 11) is 0. The second-order valence-electron chi connectivity index (χ2n) is 7.29. The third-order valence-electron chi connectivity index (χ3n) is 5.08. The molecule has 2 heterocycles. The van der Waals surface area contributed by atoms with Gasteiger partial charge in [0, 0.05) is 12.3 Å². The van der Waals surface area contributed by atoms with Gasteiger partial charge in [0.2, 0.25) is 0 Å². The first-order valence-electron chi connectivity index (χ1n) is 10.00. The maximum absolute atomic E-state index is 12.9. The summed E-state index contributed by atoms with van der Waals surface area (Å²) in [4.78, 5) is 25.0. The van der Waals surface area contributed by atoms with Gasteiger partial charge in [-0.1, -0.05) is 30.3 Å². The van der Waals surface area contributed by atoms with E-state index in [0.29, 0.717) is 29.4 Å². The highest BCUT2D eigenvalue weighted by Crippen LogP contribution is 2.31. The summed E-state index contributed by atoms with van der Waals surface area (Å²) >= 11 is 0. The lowest BCUT2D eigenvalue weighted by atomic mass is 9.95. The van der Waals surface area contributed by atoms with Crippen LogP contribution in [0.25, 0.3) is 0 Å². The Morgan fingerprint density at radius 3 is 2.70 bits per heavy atom. The van der Waals surface area contributed by atoms with Crippen molar-refractivity contribution in [2.45, 2.75) is 31.9 Å². The maximum Gasteiger partial charge on any atom is 0.338 e. The molecule has 0 radical (unpaired) electrons. The summed E-state index contributed by atoms with van der Waals surface area (Å²) in [6, 6.07) is 15.7. The highest BCUT2D eigenvalue weighted by molar-refractivity contribution is 5.95. The molecule has 0 unspecified atom stereocenters. The molecule has 156 valence electrons. The average Bonchev–Trinajstić information content (AvgIpc) is 3.26. The van der Waals surface area contributed by atoms with E-state index in [-0.39, 0.29) is 18.7 Å². The van der Waals surface area contributed by atoms with Crippen LogP contribution in [0.2, 0.25) is 0 Å². The molecule has 0 aliphatic carbocycles. The third-order valence-corrected chi connectivity index (χ3v) is 5.08. The Kier molecular flexibility index (Phi) is 5.99. The van der Waals surface area contributed by atoms with E-state index in [1.807, 2.05) is 54.6 Å². The predicted octanol–water partition coefficient (Wildman–Crippen LogP) is 3.83. The molecule has 2 aliphatic rings. The minimum absolute atomic E-state index is 0.0675. The molecule has 0 bridgehead atoms. The van der Waals surface area contributed by atoms with Crippen LogP contribution in [0.5, 0.6) is 11.5 Å². The number of nitrogens with one attached hydrogen (secondary N) is 2. The van der Waals surface area contributed by atoms with Gasteiger partial charge in [0.1, 0.15) is 18.1 Å². The summed E-state index contributed by atoms with van der Waals surface area (Å²) in [5.74, 6) is 0.831. The molecule has 2 atom stereocenters. The van der Waals surface area contributed by atoms with Crippen LogP contribution in [-0.2, 0) is 14.3 Å². The molecule has 1 saturated heterocycles. The molecule has 1 fully saturated rings. The number of rotatable bonds is 6. The third kappa shape index (κ3) is 4.63. The summed E-state index contributed by atoms with van der Waals surface area (Å²) in [5.41, 5.74) is 1.56. The van der Waals surface area contributed by atoms with Gasteiger partial charge in [-0.05, 0) is 49.6 Å². The molecule has 4 rings (SSSR count). The molecule has 7 heteroatoms. The van der Waals surface area contributed by atoms with Crippen LogP contribution < -0.4 is 15.4 Å². The van der Waals surface area contributed by atoms with Gasteiger partial charge in [0.05, 0.1) is 17.7 Å². The van der Waals surface area contributed by atoms with Crippen LogP contribution in [0.1, 0.15) is 31.4 Å². The number of hydrogen-bond acceptors (Lipinski definition) is 5. The van der Waals surface area contributed by atoms with E-state index in [2.05, 4.69) is 10.6 Å². The van der Waals surface area contributed by atoms with E-state index in [4.69, 9.17) is 14.2 Å². The SMILES string of the molecule is CC1=C(C(=O)OC[C@@H]2CCCO2)[C@H](c2cccc(Oc3ccccc3)c2)NC(=O)N1. The van der Waals surface area contributed by atoms with Crippen molar-refractivity contribution in [2.75, 3.05) is 13.2 Å². The first kappa shape index (κ1) is 20.0. The van der Waals surface area contributed by atoms with Crippen molar-refractivity contribution in [3.05, 3.63) is 71.4 Å². The van der Waals surface area contributed by atoms with Gasteiger partial charge in [-0.15, -0.1) is 0 Å². The monoisotopic (exact) mass is 408 g/mol. The van der Waals surface area contributed by atoms with Crippen LogP contribution in [0.15, 0.2) is 65.9 Å². The molecule has 7 nitrogen and oxygen atoms in total. The van der Waals surface area contributed by atoms with E-state index < -0.39 is 12.0 Å². The van der Waals surface area contributed by atoms with E-state index >= 15 is 0 Å². The lowest BCUT2D eigenvalue weighted by Crippen LogP contribution is -2.45. The lowest BCUT2D eigenvalue weighted by molar-refractivity contribution is -0.142. The fraction of sp³-hybridized carbons (Fsp3) is 0.304. The Balaban J connectivity index is 1.55.